The molecule has 152 valence electrons. The summed E-state index contributed by atoms with van der Waals surface area (Å²) in [5.41, 5.74) is 0.920. The van der Waals surface area contributed by atoms with E-state index in [1.54, 1.807) is 44.2 Å². The van der Waals surface area contributed by atoms with Crippen LogP contribution in [0, 0.1) is 5.82 Å². The van der Waals surface area contributed by atoms with Crippen LogP contribution in [0.5, 0.6) is 0 Å². The first-order valence-corrected chi connectivity index (χ1v) is 11.5. The molecule has 2 aromatic carbocycles. The van der Waals surface area contributed by atoms with Gasteiger partial charge >= 0.3 is 0 Å². The highest BCUT2D eigenvalue weighted by molar-refractivity contribution is 7.98. The van der Waals surface area contributed by atoms with Gasteiger partial charge in [0, 0.05) is 36.7 Å². The molecule has 0 aliphatic carbocycles. The quantitative estimate of drug-likeness (QED) is 0.626. The van der Waals surface area contributed by atoms with Gasteiger partial charge in [-0.05, 0) is 43.7 Å². The van der Waals surface area contributed by atoms with Crippen LogP contribution < -0.4 is 5.32 Å². The van der Waals surface area contributed by atoms with Crippen molar-refractivity contribution in [3.63, 3.8) is 0 Å². The highest BCUT2D eigenvalue weighted by Crippen LogP contribution is 2.18. The van der Waals surface area contributed by atoms with Crippen LogP contribution in [-0.4, -0.2) is 44.0 Å². The number of amides is 1. The number of nitrogens with one attached hydrogen (secondary N) is 1. The molecule has 0 atom stereocenters. The number of sulfonamides is 1. The molecule has 0 saturated carbocycles. The lowest BCUT2D eigenvalue weighted by Crippen LogP contribution is -2.33. The van der Waals surface area contributed by atoms with Gasteiger partial charge in [0.15, 0.2) is 0 Å². The second-order valence-corrected chi connectivity index (χ2v) is 9.65. The smallest absolute Gasteiger partial charge is 0.251 e. The summed E-state index contributed by atoms with van der Waals surface area (Å²) in [5.74, 6) is 0.575. The molecule has 8 heteroatoms. The lowest BCUT2D eigenvalue weighted by molar-refractivity contribution is 0.0956. The van der Waals surface area contributed by atoms with Gasteiger partial charge in [-0.25, -0.2) is 12.8 Å². The average molecular weight is 425 g/mol. The van der Waals surface area contributed by atoms with Crippen molar-refractivity contribution < 1.29 is 17.6 Å². The largest absolute Gasteiger partial charge is 0.351 e. The molecule has 2 rings (SSSR count). The molecule has 28 heavy (non-hydrogen) atoms. The third kappa shape index (κ3) is 5.80. The van der Waals surface area contributed by atoms with Crippen molar-refractivity contribution in [3.8, 4) is 0 Å². The van der Waals surface area contributed by atoms with E-state index in [0.29, 0.717) is 23.6 Å². The first-order valence-electron chi connectivity index (χ1n) is 8.91. The van der Waals surface area contributed by atoms with Crippen molar-refractivity contribution in [3.05, 3.63) is 65.5 Å². The Labute approximate surface area is 170 Å². The molecule has 0 radical (unpaired) electrons. The Morgan fingerprint density at radius 3 is 2.57 bits per heavy atom. The maximum Gasteiger partial charge on any atom is 0.251 e. The number of rotatable bonds is 9. The number of hydrogen-bond acceptors (Lipinski definition) is 4. The van der Waals surface area contributed by atoms with E-state index in [9.17, 15) is 17.6 Å². The Balaban J connectivity index is 1.90. The standard InChI is InChI=1S/C20H25FN2O3S2/c1-15(2)23(3)28(25,26)18-9-6-8-16(13-18)20(24)22-11-12-27-14-17-7-4-5-10-19(17)21/h4-10,13,15H,11-12,14H2,1-3H3,(H,22,24). The second-order valence-electron chi connectivity index (χ2n) is 6.54. The Morgan fingerprint density at radius 1 is 1.18 bits per heavy atom. The van der Waals surface area contributed by atoms with Crippen molar-refractivity contribution in [1.82, 2.24) is 9.62 Å². The molecule has 0 aromatic heterocycles. The van der Waals surface area contributed by atoms with Crippen molar-refractivity contribution in [2.45, 2.75) is 30.5 Å². The van der Waals surface area contributed by atoms with E-state index in [2.05, 4.69) is 5.32 Å². The van der Waals surface area contributed by atoms with Gasteiger partial charge in [-0.2, -0.15) is 16.1 Å². The zero-order valence-electron chi connectivity index (χ0n) is 16.2. The van der Waals surface area contributed by atoms with Gasteiger partial charge in [-0.1, -0.05) is 24.3 Å². The summed E-state index contributed by atoms with van der Waals surface area (Å²) >= 11 is 1.51. The lowest BCUT2D eigenvalue weighted by atomic mass is 10.2. The van der Waals surface area contributed by atoms with Gasteiger partial charge in [0.05, 0.1) is 4.90 Å². The number of thioether (sulfide) groups is 1. The number of halogens is 1. The van der Waals surface area contributed by atoms with E-state index >= 15 is 0 Å². The van der Waals surface area contributed by atoms with E-state index in [1.807, 2.05) is 0 Å². The number of carbonyl (C=O) groups is 1. The van der Waals surface area contributed by atoms with Gasteiger partial charge in [-0.15, -0.1) is 0 Å². The van der Waals surface area contributed by atoms with Crippen LogP contribution in [0.1, 0.15) is 29.8 Å². The van der Waals surface area contributed by atoms with Gasteiger partial charge < -0.3 is 5.32 Å². The molecule has 0 fully saturated rings. The summed E-state index contributed by atoms with van der Waals surface area (Å²) in [7, 11) is -2.13. The van der Waals surface area contributed by atoms with Gasteiger partial charge in [0.1, 0.15) is 5.82 Å². The highest BCUT2D eigenvalue weighted by atomic mass is 32.2. The van der Waals surface area contributed by atoms with Crippen LogP contribution in [-0.2, 0) is 15.8 Å². The minimum atomic E-state index is -3.64. The van der Waals surface area contributed by atoms with E-state index in [4.69, 9.17) is 0 Å². The molecule has 0 heterocycles. The molecule has 2 aromatic rings. The van der Waals surface area contributed by atoms with Crippen LogP contribution in [0.4, 0.5) is 4.39 Å². The molecular formula is C20H25FN2O3S2. The molecule has 0 spiro atoms. The first kappa shape index (κ1) is 22.4. The van der Waals surface area contributed by atoms with Crippen molar-refractivity contribution in [2.24, 2.45) is 0 Å². The number of benzene rings is 2. The average Bonchev–Trinajstić information content (AvgIpc) is 2.68. The van der Waals surface area contributed by atoms with Gasteiger partial charge in [-0.3, -0.25) is 4.79 Å². The minimum absolute atomic E-state index is 0.0882. The first-order chi connectivity index (χ1) is 13.2. The number of nitrogens with zero attached hydrogens (tertiary/aromatic N) is 1. The summed E-state index contributed by atoms with van der Waals surface area (Å²) < 4.78 is 40.0. The van der Waals surface area contributed by atoms with Crippen LogP contribution in [0.15, 0.2) is 53.4 Å². The zero-order chi connectivity index (χ0) is 20.7. The monoisotopic (exact) mass is 424 g/mol. The second kappa shape index (κ2) is 10.0. The normalized spacial score (nSPS) is 11.8. The molecule has 0 unspecified atom stereocenters. The Morgan fingerprint density at radius 2 is 1.89 bits per heavy atom. The van der Waals surface area contributed by atoms with Crippen LogP contribution in [0.25, 0.3) is 0 Å². The molecule has 1 N–H and O–H groups in total. The molecule has 0 aliphatic rings. The lowest BCUT2D eigenvalue weighted by Gasteiger charge is -2.21. The maximum atomic E-state index is 13.6. The number of hydrogen-bond donors (Lipinski definition) is 1. The van der Waals surface area contributed by atoms with Crippen LogP contribution in [0.3, 0.4) is 0 Å². The van der Waals surface area contributed by atoms with E-state index in [-0.39, 0.29) is 28.2 Å². The van der Waals surface area contributed by atoms with Crippen molar-refractivity contribution in [2.75, 3.05) is 19.3 Å². The number of carbonyl (C=O) groups excluding carboxylic acids is 1. The Hall–Kier alpha value is -1.90. The molecule has 0 aliphatic heterocycles. The van der Waals surface area contributed by atoms with Crippen molar-refractivity contribution >= 4 is 27.7 Å². The zero-order valence-corrected chi connectivity index (χ0v) is 17.8. The van der Waals surface area contributed by atoms with Crippen LogP contribution in [0.2, 0.25) is 0 Å². The third-order valence-electron chi connectivity index (χ3n) is 4.25. The molecule has 1 amide bonds. The van der Waals surface area contributed by atoms with E-state index < -0.39 is 10.0 Å². The molecule has 0 saturated heterocycles. The Bertz CT molecular complexity index is 917. The fraction of sp³-hybridized carbons (Fsp3) is 0.350. The topological polar surface area (TPSA) is 66.5 Å². The van der Waals surface area contributed by atoms with E-state index in [0.717, 1.165) is 0 Å². The molecule has 0 bridgehead atoms. The summed E-state index contributed by atoms with van der Waals surface area (Å²) in [6.45, 7) is 3.97. The summed E-state index contributed by atoms with van der Waals surface area (Å²) in [4.78, 5) is 12.4. The fourth-order valence-corrected chi connectivity index (χ4v) is 4.64. The fourth-order valence-electron chi connectivity index (χ4n) is 2.38. The Kier molecular flexibility index (Phi) is 8.03. The SMILES string of the molecule is CC(C)N(C)S(=O)(=O)c1cccc(C(=O)NCCSCc2ccccc2F)c1. The third-order valence-corrected chi connectivity index (χ3v) is 7.29. The molecular weight excluding hydrogens is 399 g/mol. The van der Waals surface area contributed by atoms with Gasteiger partial charge in [0.2, 0.25) is 10.0 Å². The van der Waals surface area contributed by atoms with Crippen molar-refractivity contribution in [1.29, 1.82) is 0 Å². The molecule has 5 nitrogen and oxygen atoms in total. The predicted molar refractivity (Wildman–Crippen MR) is 111 cm³/mol. The van der Waals surface area contributed by atoms with Crippen LogP contribution >= 0.6 is 11.8 Å². The minimum Gasteiger partial charge on any atom is -0.351 e. The van der Waals surface area contributed by atoms with Gasteiger partial charge in [0.25, 0.3) is 5.91 Å². The maximum absolute atomic E-state index is 13.6. The highest BCUT2D eigenvalue weighted by Gasteiger charge is 2.23. The predicted octanol–water partition coefficient (Wildman–Crippen LogP) is 3.52. The van der Waals surface area contributed by atoms with E-state index in [1.165, 1.54) is 41.3 Å². The summed E-state index contributed by atoms with van der Waals surface area (Å²) in [6, 6.07) is 12.4. The summed E-state index contributed by atoms with van der Waals surface area (Å²) in [6.07, 6.45) is 0. The summed E-state index contributed by atoms with van der Waals surface area (Å²) in [5, 5.41) is 2.77.